The predicted octanol–water partition coefficient (Wildman–Crippen LogP) is 3.95. The van der Waals surface area contributed by atoms with Crippen LogP contribution in [0.3, 0.4) is 0 Å². The Kier molecular flexibility index (Phi) is 5.99. The Labute approximate surface area is 164 Å². The lowest BCUT2D eigenvalue weighted by Gasteiger charge is -2.10. The zero-order chi connectivity index (χ0) is 20.1. The van der Waals surface area contributed by atoms with Crippen LogP contribution in [-0.2, 0) is 16.0 Å². The van der Waals surface area contributed by atoms with Gasteiger partial charge in [-0.15, -0.1) is 0 Å². The van der Waals surface area contributed by atoms with E-state index in [1.54, 1.807) is 27.4 Å². The number of esters is 1. The molecule has 0 aliphatic carbocycles. The Bertz CT molecular complexity index is 946. The number of hydrogen-bond donors (Lipinski definition) is 0. The normalized spacial score (nSPS) is 14.6. The molecule has 2 aromatic carbocycles. The number of benzene rings is 2. The number of aryl methyl sites for hydroxylation is 2. The zero-order valence-corrected chi connectivity index (χ0v) is 16.4. The number of hydrogen-bond acceptors (Lipinski definition) is 6. The number of ether oxygens (including phenoxy) is 4. The molecular formula is C22H23NO5. The molecule has 6 heteroatoms. The molecule has 0 radical (unpaired) electrons. The summed E-state index contributed by atoms with van der Waals surface area (Å²) in [5.74, 6) is 2.07. The maximum absolute atomic E-state index is 12.2. The molecule has 3 rings (SSSR count). The van der Waals surface area contributed by atoms with Gasteiger partial charge in [-0.3, -0.25) is 0 Å². The van der Waals surface area contributed by atoms with Gasteiger partial charge in [0.1, 0.15) is 17.2 Å². The summed E-state index contributed by atoms with van der Waals surface area (Å²) >= 11 is 0. The fourth-order valence-corrected chi connectivity index (χ4v) is 2.97. The summed E-state index contributed by atoms with van der Waals surface area (Å²) in [5, 5.41) is 0. The van der Waals surface area contributed by atoms with Gasteiger partial charge in [0.25, 0.3) is 0 Å². The standard InChI is InChI=1S/C22H23NO5/c1-14-10-20(27-4)16(13-19(14)26-3)12-18-22(24)28-21(23-18)9-8-15-6-5-7-17(11-15)25-2/h5-7,10-13H,8-9H2,1-4H3/b18-12+. The summed E-state index contributed by atoms with van der Waals surface area (Å²) in [6.07, 6.45) is 2.87. The number of rotatable bonds is 7. The molecule has 146 valence electrons. The predicted molar refractivity (Wildman–Crippen MR) is 107 cm³/mol. The van der Waals surface area contributed by atoms with Crippen LogP contribution in [0.5, 0.6) is 17.2 Å². The zero-order valence-electron chi connectivity index (χ0n) is 16.4. The Morgan fingerprint density at radius 1 is 1.00 bits per heavy atom. The third-order valence-electron chi connectivity index (χ3n) is 4.47. The van der Waals surface area contributed by atoms with Crippen molar-refractivity contribution in [2.75, 3.05) is 21.3 Å². The van der Waals surface area contributed by atoms with E-state index in [-0.39, 0.29) is 5.70 Å². The van der Waals surface area contributed by atoms with Crippen LogP contribution in [0.4, 0.5) is 0 Å². The van der Waals surface area contributed by atoms with E-state index in [4.69, 9.17) is 18.9 Å². The summed E-state index contributed by atoms with van der Waals surface area (Å²) in [7, 11) is 4.82. The van der Waals surface area contributed by atoms with Gasteiger partial charge in [-0.2, -0.15) is 0 Å². The molecule has 0 fully saturated rings. The van der Waals surface area contributed by atoms with Crippen molar-refractivity contribution in [3.8, 4) is 17.2 Å². The lowest BCUT2D eigenvalue weighted by molar-refractivity contribution is -0.130. The first kappa shape index (κ1) is 19.5. The molecule has 0 atom stereocenters. The number of carbonyl (C=O) groups is 1. The second-order valence-corrected chi connectivity index (χ2v) is 6.34. The average molecular weight is 381 g/mol. The highest BCUT2D eigenvalue weighted by molar-refractivity contribution is 6.07. The van der Waals surface area contributed by atoms with Gasteiger partial charge in [0.2, 0.25) is 0 Å². The average Bonchev–Trinajstić information content (AvgIpc) is 3.06. The molecular weight excluding hydrogens is 358 g/mol. The smallest absolute Gasteiger partial charge is 0.363 e. The van der Waals surface area contributed by atoms with E-state index in [9.17, 15) is 4.79 Å². The van der Waals surface area contributed by atoms with Crippen LogP contribution in [-0.4, -0.2) is 33.2 Å². The van der Waals surface area contributed by atoms with Crippen LogP contribution >= 0.6 is 0 Å². The van der Waals surface area contributed by atoms with E-state index in [0.29, 0.717) is 35.8 Å². The fraction of sp³-hybridized carbons (Fsp3) is 0.273. The lowest BCUT2D eigenvalue weighted by Crippen LogP contribution is -2.05. The number of carbonyl (C=O) groups excluding carboxylic acids is 1. The number of cyclic esters (lactones) is 1. The minimum Gasteiger partial charge on any atom is -0.497 e. The van der Waals surface area contributed by atoms with Crippen LogP contribution in [0.1, 0.15) is 23.1 Å². The Hall–Kier alpha value is -3.28. The topological polar surface area (TPSA) is 66.3 Å². The number of nitrogens with zero attached hydrogens (tertiary/aromatic N) is 1. The molecule has 0 unspecified atom stereocenters. The lowest BCUT2D eigenvalue weighted by atomic mass is 10.1. The number of aliphatic imine (C=N–C) groups is 1. The van der Waals surface area contributed by atoms with Gasteiger partial charge in [0, 0.05) is 12.0 Å². The maximum Gasteiger partial charge on any atom is 0.363 e. The van der Waals surface area contributed by atoms with Crippen molar-refractivity contribution in [1.82, 2.24) is 0 Å². The Morgan fingerprint density at radius 3 is 2.50 bits per heavy atom. The number of methoxy groups -OCH3 is 3. The summed E-state index contributed by atoms with van der Waals surface area (Å²) in [6, 6.07) is 11.5. The Morgan fingerprint density at radius 2 is 1.79 bits per heavy atom. The first-order valence-electron chi connectivity index (χ1n) is 8.91. The van der Waals surface area contributed by atoms with Crippen molar-refractivity contribution in [2.45, 2.75) is 19.8 Å². The first-order chi connectivity index (χ1) is 13.5. The molecule has 0 saturated heterocycles. The van der Waals surface area contributed by atoms with E-state index < -0.39 is 5.97 Å². The van der Waals surface area contributed by atoms with E-state index >= 15 is 0 Å². The molecule has 0 amide bonds. The molecule has 0 saturated carbocycles. The molecule has 28 heavy (non-hydrogen) atoms. The summed E-state index contributed by atoms with van der Waals surface area (Å²) in [4.78, 5) is 16.6. The summed E-state index contributed by atoms with van der Waals surface area (Å²) < 4.78 is 21.3. The molecule has 6 nitrogen and oxygen atoms in total. The van der Waals surface area contributed by atoms with Crippen molar-refractivity contribution in [1.29, 1.82) is 0 Å². The van der Waals surface area contributed by atoms with Gasteiger partial charge in [-0.25, -0.2) is 9.79 Å². The van der Waals surface area contributed by atoms with Crippen molar-refractivity contribution in [3.05, 3.63) is 58.8 Å². The van der Waals surface area contributed by atoms with Crippen molar-refractivity contribution in [2.24, 2.45) is 4.99 Å². The van der Waals surface area contributed by atoms with Crippen molar-refractivity contribution >= 4 is 17.9 Å². The highest BCUT2D eigenvalue weighted by atomic mass is 16.6. The third-order valence-corrected chi connectivity index (χ3v) is 4.47. The van der Waals surface area contributed by atoms with Crippen LogP contribution in [0.2, 0.25) is 0 Å². The van der Waals surface area contributed by atoms with Crippen LogP contribution in [0.15, 0.2) is 47.1 Å². The second kappa shape index (κ2) is 8.61. The van der Waals surface area contributed by atoms with Gasteiger partial charge in [0.15, 0.2) is 11.6 Å². The van der Waals surface area contributed by atoms with Crippen LogP contribution in [0, 0.1) is 6.92 Å². The second-order valence-electron chi connectivity index (χ2n) is 6.34. The molecule has 1 aliphatic rings. The Balaban J connectivity index is 1.79. The SMILES string of the molecule is COc1cccc(CCC2=N/C(=C/c3cc(OC)c(C)cc3OC)C(=O)O2)c1. The van der Waals surface area contributed by atoms with Gasteiger partial charge in [0.05, 0.1) is 21.3 Å². The fourth-order valence-electron chi connectivity index (χ4n) is 2.97. The third kappa shape index (κ3) is 4.34. The van der Waals surface area contributed by atoms with Crippen molar-refractivity contribution in [3.63, 3.8) is 0 Å². The van der Waals surface area contributed by atoms with Gasteiger partial charge < -0.3 is 18.9 Å². The van der Waals surface area contributed by atoms with E-state index in [2.05, 4.69) is 4.99 Å². The molecule has 1 heterocycles. The van der Waals surface area contributed by atoms with Gasteiger partial charge in [-0.1, -0.05) is 12.1 Å². The summed E-state index contributed by atoms with van der Waals surface area (Å²) in [5.41, 5.74) is 2.97. The highest BCUT2D eigenvalue weighted by Crippen LogP contribution is 2.31. The highest BCUT2D eigenvalue weighted by Gasteiger charge is 2.23. The monoisotopic (exact) mass is 381 g/mol. The molecule has 2 aromatic rings. The maximum atomic E-state index is 12.2. The minimum absolute atomic E-state index is 0.241. The molecule has 0 aromatic heterocycles. The molecule has 1 aliphatic heterocycles. The summed E-state index contributed by atoms with van der Waals surface area (Å²) in [6.45, 7) is 1.93. The van der Waals surface area contributed by atoms with E-state index in [0.717, 1.165) is 16.9 Å². The van der Waals surface area contributed by atoms with E-state index in [1.807, 2.05) is 43.3 Å². The first-order valence-corrected chi connectivity index (χ1v) is 8.91. The molecule has 0 bridgehead atoms. The van der Waals surface area contributed by atoms with Crippen molar-refractivity contribution < 1.29 is 23.7 Å². The largest absolute Gasteiger partial charge is 0.497 e. The van der Waals surface area contributed by atoms with Crippen LogP contribution in [0.25, 0.3) is 6.08 Å². The molecule has 0 N–H and O–H groups in total. The van der Waals surface area contributed by atoms with Gasteiger partial charge >= 0.3 is 5.97 Å². The molecule has 0 spiro atoms. The van der Waals surface area contributed by atoms with Gasteiger partial charge in [-0.05, 0) is 54.8 Å². The van der Waals surface area contributed by atoms with E-state index in [1.165, 1.54) is 0 Å². The van der Waals surface area contributed by atoms with Crippen LogP contribution < -0.4 is 14.2 Å². The minimum atomic E-state index is -0.470. The quantitative estimate of drug-likeness (QED) is 0.537.